The largest absolute Gasteiger partial charge is 0.465 e. The molecule has 0 spiro atoms. The van der Waals surface area contributed by atoms with Crippen LogP contribution in [0.25, 0.3) is 11.0 Å². The number of halogens is 1. The van der Waals surface area contributed by atoms with E-state index in [2.05, 4.69) is 20.9 Å². The second-order valence-corrected chi connectivity index (χ2v) is 5.45. The number of hydrogen-bond acceptors (Lipinski definition) is 4. The molecule has 1 aliphatic heterocycles. The molecule has 0 aliphatic carbocycles. The van der Waals surface area contributed by atoms with E-state index in [1.54, 1.807) is 12.1 Å². The van der Waals surface area contributed by atoms with E-state index in [0.29, 0.717) is 16.9 Å². The van der Waals surface area contributed by atoms with Crippen molar-refractivity contribution in [2.45, 2.75) is 25.5 Å². The van der Waals surface area contributed by atoms with Crippen LogP contribution in [0.4, 0.5) is 0 Å². The van der Waals surface area contributed by atoms with Crippen molar-refractivity contribution in [1.29, 1.82) is 0 Å². The van der Waals surface area contributed by atoms with E-state index in [1.165, 1.54) is 7.11 Å². The minimum Gasteiger partial charge on any atom is -0.465 e. The number of esters is 1. The number of nitrogens with zero attached hydrogens (tertiary/aromatic N) is 2. The van der Waals surface area contributed by atoms with E-state index >= 15 is 0 Å². The Morgan fingerprint density at radius 1 is 1.58 bits per heavy atom. The van der Waals surface area contributed by atoms with Crippen LogP contribution in [0.2, 0.25) is 0 Å². The van der Waals surface area contributed by atoms with Gasteiger partial charge in [0, 0.05) is 11.0 Å². The van der Waals surface area contributed by atoms with Gasteiger partial charge in [0.25, 0.3) is 0 Å². The molecule has 19 heavy (non-hydrogen) atoms. The topological polar surface area (TPSA) is 64.3 Å². The molecule has 6 heteroatoms. The quantitative estimate of drug-likeness (QED) is 0.818. The lowest BCUT2D eigenvalue weighted by molar-refractivity contribution is 0.0601. The molecule has 1 N–H and O–H groups in total. The molecule has 1 atom stereocenters. The molecule has 0 amide bonds. The van der Waals surface area contributed by atoms with Crippen molar-refractivity contribution in [1.82, 2.24) is 9.55 Å². The lowest BCUT2D eigenvalue weighted by Gasteiger charge is -2.19. The zero-order valence-electron chi connectivity index (χ0n) is 10.4. The van der Waals surface area contributed by atoms with Gasteiger partial charge < -0.3 is 14.4 Å². The van der Waals surface area contributed by atoms with Crippen LogP contribution < -0.4 is 0 Å². The normalized spacial score (nSPS) is 18.4. The number of benzene rings is 1. The summed E-state index contributed by atoms with van der Waals surface area (Å²) in [5.41, 5.74) is 2.07. The molecule has 0 unspecified atom stereocenters. The Morgan fingerprint density at radius 3 is 3.11 bits per heavy atom. The maximum Gasteiger partial charge on any atom is 0.337 e. The summed E-state index contributed by atoms with van der Waals surface area (Å²) in [7, 11) is 1.35. The predicted molar refractivity (Wildman–Crippen MR) is 73.0 cm³/mol. The fourth-order valence-corrected chi connectivity index (χ4v) is 3.19. The van der Waals surface area contributed by atoms with Crippen LogP contribution in [0, 0.1) is 0 Å². The smallest absolute Gasteiger partial charge is 0.337 e. The van der Waals surface area contributed by atoms with Crippen LogP contribution in [0.3, 0.4) is 0 Å². The first-order chi connectivity index (χ1) is 9.11. The lowest BCUT2D eigenvalue weighted by atomic mass is 10.1. The zero-order valence-corrected chi connectivity index (χ0v) is 12.0. The third kappa shape index (κ3) is 1.95. The van der Waals surface area contributed by atoms with Crippen LogP contribution >= 0.6 is 15.9 Å². The first-order valence-electron chi connectivity index (χ1n) is 6.08. The monoisotopic (exact) mass is 324 g/mol. The fourth-order valence-electron chi connectivity index (χ4n) is 2.52. The van der Waals surface area contributed by atoms with Crippen molar-refractivity contribution in [3.05, 3.63) is 28.0 Å². The summed E-state index contributed by atoms with van der Waals surface area (Å²) in [6, 6.07) is 3.42. The van der Waals surface area contributed by atoms with E-state index in [4.69, 9.17) is 4.74 Å². The van der Waals surface area contributed by atoms with Gasteiger partial charge in [0.1, 0.15) is 11.9 Å². The van der Waals surface area contributed by atoms with E-state index in [9.17, 15) is 9.90 Å². The first-order valence-corrected chi connectivity index (χ1v) is 6.87. The number of aryl methyl sites for hydroxylation is 1. The van der Waals surface area contributed by atoms with Crippen molar-refractivity contribution in [2.75, 3.05) is 7.11 Å². The van der Waals surface area contributed by atoms with E-state index in [0.717, 1.165) is 29.4 Å². The molecule has 0 radical (unpaired) electrons. The van der Waals surface area contributed by atoms with E-state index in [-0.39, 0.29) is 0 Å². The Labute approximate surface area is 118 Å². The molecule has 2 aromatic rings. The molecule has 100 valence electrons. The fraction of sp³-hybridized carbons (Fsp3) is 0.385. The predicted octanol–water partition coefficient (Wildman–Crippen LogP) is 2.41. The highest BCUT2D eigenvalue weighted by atomic mass is 79.9. The van der Waals surface area contributed by atoms with Crippen LogP contribution in [-0.2, 0) is 11.3 Å². The van der Waals surface area contributed by atoms with E-state index in [1.807, 2.05) is 4.57 Å². The molecule has 0 saturated carbocycles. The van der Waals surface area contributed by atoms with Gasteiger partial charge in [-0.2, -0.15) is 0 Å². The van der Waals surface area contributed by atoms with Crippen LogP contribution in [0.1, 0.15) is 35.1 Å². The molecule has 0 bridgehead atoms. The highest BCUT2D eigenvalue weighted by Gasteiger charge is 2.24. The van der Waals surface area contributed by atoms with Crippen molar-refractivity contribution in [2.24, 2.45) is 0 Å². The van der Waals surface area contributed by atoms with Crippen LogP contribution in [0.15, 0.2) is 16.6 Å². The summed E-state index contributed by atoms with van der Waals surface area (Å²) in [5, 5.41) is 9.99. The van der Waals surface area contributed by atoms with Gasteiger partial charge in [0.15, 0.2) is 0 Å². The minimum absolute atomic E-state index is 0.394. The number of carbonyl (C=O) groups excluding carboxylic acids is 1. The highest BCUT2D eigenvalue weighted by molar-refractivity contribution is 9.10. The Morgan fingerprint density at radius 2 is 2.37 bits per heavy atom. The molecule has 2 heterocycles. The Bertz CT molecular complexity index is 665. The second kappa shape index (κ2) is 4.61. The standard InChI is InChI=1S/C13H13BrN2O3/c1-19-13(18)7-5-8(14)11-9(6-7)15-12-10(17)3-2-4-16(11)12/h5-6,10,17H,2-4H2,1H3/t10-/m1/s1. The second-order valence-electron chi connectivity index (χ2n) is 4.60. The first kappa shape index (κ1) is 12.6. The lowest BCUT2D eigenvalue weighted by Crippen LogP contribution is -2.15. The summed E-state index contributed by atoms with van der Waals surface area (Å²) in [6.45, 7) is 0.832. The molecule has 0 fully saturated rings. The van der Waals surface area contributed by atoms with Gasteiger partial charge in [-0.1, -0.05) is 0 Å². The number of aliphatic hydroxyl groups is 1. The molecular weight excluding hydrogens is 312 g/mol. The summed E-state index contributed by atoms with van der Waals surface area (Å²) in [5.74, 6) is 0.276. The third-order valence-electron chi connectivity index (χ3n) is 3.40. The number of hydrogen-bond donors (Lipinski definition) is 1. The number of aromatic nitrogens is 2. The van der Waals surface area contributed by atoms with Crippen molar-refractivity contribution < 1.29 is 14.6 Å². The molecule has 3 rings (SSSR count). The molecule has 1 aromatic heterocycles. The van der Waals surface area contributed by atoms with Gasteiger partial charge in [-0.25, -0.2) is 9.78 Å². The number of rotatable bonds is 1. The summed E-state index contributed by atoms with van der Waals surface area (Å²) < 4.78 is 7.52. The number of imidazole rings is 1. The third-order valence-corrected chi connectivity index (χ3v) is 4.01. The number of methoxy groups -OCH3 is 1. The van der Waals surface area contributed by atoms with Crippen molar-refractivity contribution >= 4 is 32.9 Å². The van der Waals surface area contributed by atoms with Crippen molar-refractivity contribution in [3.63, 3.8) is 0 Å². The van der Waals surface area contributed by atoms with Gasteiger partial charge in [-0.05, 0) is 40.9 Å². The zero-order chi connectivity index (χ0) is 13.6. The summed E-state index contributed by atoms with van der Waals surface area (Å²) >= 11 is 3.47. The van der Waals surface area contributed by atoms with Gasteiger partial charge >= 0.3 is 5.97 Å². The molecule has 1 aliphatic rings. The molecule has 5 nitrogen and oxygen atoms in total. The maximum atomic E-state index is 11.6. The number of fused-ring (bicyclic) bond motifs is 3. The Kier molecular flexibility index (Phi) is 3.06. The maximum absolute atomic E-state index is 11.6. The average molecular weight is 325 g/mol. The number of ether oxygens (including phenoxy) is 1. The van der Waals surface area contributed by atoms with Crippen LogP contribution in [-0.4, -0.2) is 27.7 Å². The number of carbonyl (C=O) groups is 1. The average Bonchev–Trinajstić information content (AvgIpc) is 2.78. The summed E-state index contributed by atoms with van der Waals surface area (Å²) in [6.07, 6.45) is 1.12. The van der Waals surface area contributed by atoms with Crippen molar-refractivity contribution in [3.8, 4) is 0 Å². The van der Waals surface area contributed by atoms with Crippen LogP contribution in [0.5, 0.6) is 0 Å². The van der Waals surface area contributed by atoms with Gasteiger partial charge in [-0.3, -0.25) is 0 Å². The summed E-state index contributed by atoms with van der Waals surface area (Å²) in [4.78, 5) is 16.0. The van der Waals surface area contributed by atoms with E-state index < -0.39 is 12.1 Å². The number of aliphatic hydroxyl groups excluding tert-OH is 1. The van der Waals surface area contributed by atoms with Gasteiger partial charge in [0.05, 0.1) is 23.7 Å². The van der Waals surface area contributed by atoms with Gasteiger partial charge in [-0.15, -0.1) is 0 Å². The molecule has 0 saturated heterocycles. The Hall–Kier alpha value is -1.40. The minimum atomic E-state index is -0.533. The molecular formula is C13H13BrN2O3. The highest BCUT2D eigenvalue weighted by Crippen LogP contribution is 2.33. The molecule has 1 aromatic carbocycles. The SMILES string of the molecule is COC(=O)c1cc(Br)c2c(c1)nc1n2CCC[C@H]1O. The Balaban J connectivity index is 2.24. The van der Waals surface area contributed by atoms with Gasteiger partial charge in [0.2, 0.25) is 0 Å².